The number of aliphatic hydroxyl groups excluding tert-OH is 1. The standard InChI is InChI=1S/C11H11Cl3N2O6S/c12-11(13,14)3-22-10(21)15-5-7(18)16-6(9(19)20)4(1-17)2-23-8(5)16/h5,8,17H,1-3H2,(H,15,21)(H,19,20)/t5?,8-/m0/s1. The average Bonchev–Trinajstić information content (AvgIpc) is 2.47. The first-order valence-corrected chi connectivity index (χ1v) is 8.35. The number of carboxylic acid groups (broad SMARTS) is 1. The Bertz CT molecular complexity index is 579. The zero-order valence-corrected chi connectivity index (χ0v) is 14.4. The first kappa shape index (κ1) is 18.5. The Labute approximate surface area is 149 Å². The summed E-state index contributed by atoms with van der Waals surface area (Å²) in [6.45, 7) is -0.963. The number of hydrogen-bond acceptors (Lipinski definition) is 6. The molecule has 1 unspecified atom stereocenters. The maximum absolute atomic E-state index is 12.1. The van der Waals surface area contributed by atoms with E-state index in [2.05, 4.69) is 10.1 Å². The fourth-order valence-electron chi connectivity index (χ4n) is 2.12. The molecule has 2 aliphatic heterocycles. The number of alkyl halides is 3. The number of halogens is 3. The molecular weight excluding hydrogens is 395 g/mol. The van der Waals surface area contributed by atoms with Crippen molar-refractivity contribution in [1.29, 1.82) is 0 Å². The van der Waals surface area contributed by atoms with E-state index in [-0.39, 0.29) is 17.0 Å². The second-order valence-electron chi connectivity index (χ2n) is 4.64. The minimum Gasteiger partial charge on any atom is -0.477 e. The number of alkyl carbamates (subject to hydrolysis) is 1. The monoisotopic (exact) mass is 404 g/mol. The molecule has 1 fully saturated rings. The topological polar surface area (TPSA) is 116 Å². The summed E-state index contributed by atoms with van der Waals surface area (Å²) in [5.74, 6) is -1.70. The van der Waals surface area contributed by atoms with Gasteiger partial charge in [-0.3, -0.25) is 9.69 Å². The minimum absolute atomic E-state index is 0.230. The number of carboxylic acids is 1. The maximum Gasteiger partial charge on any atom is 0.408 e. The van der Waals surface area contributed by atoms with Crippen LogP contribution in [0, 0.1) is 0 Å². The van der Waals surface area contributed by atoms with Crippen LogP contribution in [0.25, 0.3) is 0 Å². The molecule has 0 bridgehead atoms. The molecule has 0 aromatic carbocycles. The van der Waals surface area contributed by atoms with Crippen LogP contribution in [0.2, 0.25) is 0 Å². The predicted octanol–water partition coefficient (Wildman–Crippen LogP) is 0.698. The Hall–Kier alpha value is -0.870. The van der Waals surface area contributed by atoms with E-state index in [1.54, 1.807) is 0 Å². The van der Waals surface area contributed by atoms with Gasteiger partial charge in [-0.15, -0.1) is 11.8 Å². The summed E-state index contributed by atoms with van der Waals surface area (Å²) in [5.41, 5.74) is -0.0155. The number of nitrogens with zero attached hydrogens (tertiary/aromatic N) is 1. The van der Waals surface area contributed by atoms with E-state index >= 15 is 0 Å². The second-order valence-corrected chi connectivity index (χ2v) is 8.26. The molecule has 0 spiro atoms. The van der Waals surface area contributed by atoms with Crippen molar-refractivity contribution in [2.24, 2.45) is 0 Å². The van der Waals surface area contributed by atoms with Gasteiger partial charge in [-0.1, -0.05) is 34.8 Å². The molecule has 2 amide bonds. The highest BCUT2D eigenvalue weighted by molar-refractivity contribution is 8.00. The van der Waals surface area contributed by atoms with Crippen molar-refractivity contribution >= 4 is 64.5 Å². The van der Waals surface area contributed by atoms with Gasteiger partial charge in [-0.2, -0.15) is 0 Å². The number of thioether (sulfide) groups is 1. The van der Waals surface area contributed by atoms with Gasteiger partial charge < -0.3 is 20.3 Å². The number of nitrogens with one attached hydrogen (secondary N) is 1. The highest BCUT2D eigenvalue weighted by Gasteiger charge is 2.54. The number of β-lactam (4-membered cyclic amide) rings is 1. The third-order valence-electron chi connectivity index (χ3n) is 3.08. The van der Waals surface area contributed by atoms with Gasteiger partial charge in [-0.25, -0.2) is 9.59 Å². The van der Waals surface area contributed by atoms with Crippen molar-refractivity contribution in [1.82, 2.24) is 10.2 Å². The van der Waals surface area contributed by atoms with E-state index in [0.29, 0.717) is 0 Å². The molecule has 0 aliphatic carbocycles. The molecule has 2 rings (SSSR count). The molecule has 0 radical (unpaired) electrons. The Morgan fingerprint density at radius 2 is 2.09 bits per heavy atom. The van der Waals surface area contributed by atoms with E-state index in [9.17, 15) is 24.6 Å². The summed E-state index contributed by atoms with van der Waals surface area (Å²) in [6, 6.07) is -0.947. The lowest BCUT2D eigenvalue weighted by Gasteiger charge is -2.49. The van der Waals surface area contributed by atoms with Crippen LogP contribution in [0.4, 0.5) is 4.79 Å². The quantitative estimate of drug-likeness (QED) is 0.465. The van der Waals surface area contributed by atoms with E-state index in [0.717, 1.165) is 4.90 Å². The van der Waals surface area contributed by atoms with Crippen molar-refractivity contribution in [3.05, 3.63) is 11.3 Å². The molecule has 0 aromatic heterocycles. The van der Waals surface area contributed by atoms with E-state index in [4.69, 9.17) is 34.8 Å². The van der Waals surface area contributed by atoms with Gasteiger partial charge in [0, 0.05) is 5.75 Å². The number of aliphatic hydroxyl groups is 1. The van der Waals surface area contributed by atoms with Crippen LogP contribution in [-0.2, 0) is 14.3 Å². The highest BCUT2D eigenvalue weighted by atomic mass is 35.6. The van der Waals surface area contributed by atoms with Gasteiger partial charge in [-0.05, 0) is 5.57 Å². The lowest BCUT2D eigenvalue weighted by Crippen LogP contribution is -2.70. The Balaban J connectivity index is 2.02. The molecule has 2 heterocycles. The number of amides is 2. The van der Waals surface area contributed by atoms with Gasteiger partial charge in [0.05, 0.1) is 6.61 Å². The number of carbonyl (C=O) groups excluding carboxylic acids is 2. The van der Waals surface area contributed by atoms with Crippen LogP contribution in [0.5, 0.6) is 0 Å². The van der Waals surface area contributed by atoms with Crippen molar-refractivity contribution in [2.75, 3.05) is 19.0 Å². The van der Waals surface area contributed by atoms with Crippen molar-refractivity contribution < 1.29 is 29.3 Å². The Morgan fingerprint density at radius 3 is 2.61 bits per heavy atom. The Morgan fingerprint density at radius 1 is 1.43 bits per heavy atom. The summed E-state index contributed by atoms with van der Waals surface area (Å²) in [5, 5.41) is 20.1. The van der Waals surface area contributed by atoms with Crippen LogP contribution in [0.3, 0.4) is 0 Å². The SMILES string of the molecule is O=C(NC1C(=O)N2C(C(=O)O)=C(CO)CS[C@@H]12)OCC(Cl)(Cl)Cl. The van der Waals surface area contributed by atoms with Crippen LogP contribution >= 0.6 is 46.6 Å². The molecular formula is C11H11Cl3N2O6S. The van der Waals surface area contributed by atoms with Crippen molar-refractivity contribution in [2.45, 2.75) is 15.2 Å². The molecule has 1 saturated heterocycles. The first-order chi connectivity index (χ1) is 10.7. The van der Waals surface area contributed by atoms with Crippen LogP contribution < -0.4 is 5.32 Å². The smallest absolute Gasteiger partial charge is 0.408 e. The zero-order chi connectivity index (χ0) is 17.4. The third kappa shape index (κ3) is 3.97. The summed E-state index contributed by atoms with van der Waals surface area (Å²) in [7, 11) is 0. The third-order valence-corrected chi connectivity index (χ3v) is 4.75. The summed E-state index contributed by atoms with van der Waals surface area (Å²) in [4.78, 5) is 36.0. The van der Waals surface area contributed by atoms with Crippen LogP contribution in [0.1, 0.15) is 0 Å². The number of carbonyl (C=O) groups is 3. The average molecular weight is 406 g/mol. The lowest BCUT2D eigenvalue weighted by atomic mass is 10.0. The normalized spacial score (nSPS) is 24.0. The molecule has 8 nitrogen and oxygen atoms in total. The fourth-order valence-corrected chi connectivity index (χ4v) is 3.62. The summed E-state index contributed by atoms with van der Waals surface area (Å²) < 4.78 is 2.89. The van der Waals surface area contributed by atoms with Crippen molar-refractivity contribution in [3.8, 4) is 0 Å². The molecule has 3 N–H and O–H groups in total. The van der Waals surface area contributed by atoms with Crippen molar-refractivity contribution in [3.63, 3.8) is 0 Å². The molecule has 2 atom stereocenters. The van der Waals surface area contributed by atoms with E-state index < -0.39 is 46.4 Å². The number of rotatable bonds is 4. The van der Waals surface area contributed by atoms with Gasteiger partial charge in [0.25, 0.3) is 5.91 Å². The van der Waals surface area contributed by atoms with Gasteiger partial charge in [0.2, 0.25) is 3.79 Å². The molecule has 12 heteroatoms. The second kappa shape index (κ2) is 6.94. The van der Waals surface area contributed by atoms with Gasteiger partial charge >= 0.3 is 12.1 Å². The number of aliphatic carboxylic acids is 1. The largest absolute Gasteiger partial charge is 0.477 e. The van der Waals surface area contributed by atoms with E-state index in [1.165, 1.54) is 11.8 Å². The molecule has 2 aliphatic rings. The van der Waals surface area contributed by atoms with Crippen LogP contribution in [0.15, 0.2) is 11.3 Å². The van der Waals surface area contributed by atoms with Crippen LogP contribution in [-0.4, -0.2) is 67.3 Å². The maximum atomic E-state index is 12.1. The fraction of sp³-hybridized carbons (Fsp3) is 0.545. The zero-order valence-electron chi connectivity index (χ0n) is 11.3. The van der Waals surface area contributed by atoms with Gasteiger partial charge in [0.1, 0.15) is 23.7 Å². The molecule has 0 saturated carbocycles. The summed E-state index contributed by atoms with van der Waals surface area (Å²) in [6.07, 6.45) is -0.955. The van der Waals surface area contributed by atoms with E-state index in [1.807, 2.05) is 0 Å². The minimum atomic E-state index is -1.78. The predicted molar refractivity (Wildman–Crippen MR) is 83.4 cm³/mol. The first-order valence-electron chi connectivity index (χ1n) is 6.16. The number of hydrogen-bond donors (Lipinski definition) is 3. The molecule has 0 aromatic rings. The molecule has 128 valence electrons. The summed E-state index contributed by atoms with van der Waals surface area (Å²) >= 11 is 17.5. The van der Waals surface area contributed by atoms with Gasteiger partial charge in [0.15, 0.2) is 0 Å². The Kier molecular flexibility index (Phi) is 5.57. The number of ether oxygens (including phenoxy) is 1. The highest BCUT2D eigenvalue weighted by Crippen LogP contribution is 2.40. The molecule has 23 heavy (non-hydrogen) atoms. The lowest BCUT2D eigenvalue weighted by molar-refractivity contribution is -0.149. The number of fused-ring (bicyclic) bond motifs is 1.